The zero-order valence-electron chi connectivity index (χ0n) is 17.3. The van der Waals surface area contributed by atoms with Crippen molar-refractivity contribution < 1.29 is 14.2 Å². The third kappa shape index (κ3) is 6.22. The van der Waals surface area contributed by atoms with Crippen molar-refractivity contribution in [2.45, 2.75) is 44.9 Å². The lowest BCUT2D eigenvalue weighted by Gasteiger charge is -2.17. The molecule has 2 N–H and O–H groups in total. The summed E-state index contributed by atoms with van der Waals surface area (Å²) in [5, 5.41) is 6.79. The predicted octanol–water partition coefficient (Wildman–Crippen LogP) is 3.39. The van der Waals surface area contributed by atoms with Crippen LogP contribution in [0.3, 0.4) is 0 Å². The lowest BCUT2D eigenvalue weighted by atomic mass is 10.0. The Balaban J connectivity index is 1.78. The Hall–Kier alpha value is -2.11. The molecule has 1 aliphatic carbocycles. The molecule has 0 heterocycles. The van der Waals surface area contributed by atoms with E-state index in [1.807, 2.05) is 19.2 Å². The Morgan fingerprint density at radius 1 is 1.00 bits per heavy atom. The summed E-state index contributed by atoms with van der Waals surface area (Å²) >= 11 is 0. The van der Waals surface area contributed by atoms with Crippen LogP contribution in [0.1, 0.15) is 44.1 Å². The van der Waals surface area contributed by atoms with E-state index in [-0.39, 0.29) is 0 Å². The molecule has 6 nitrogen and oxygen atoms in total. The molecule has 152 valence electrons. The van der Waals surface area contributed by atoms with Gasteiger partial charge in [0.2, 0.25) is 5.75 Å². The molecule has 2 rings (SSSR count). The first kappa shape index (κ1) is 21.2. The van der Waals surface area contributed by atoms with Crippen molar-refractivity contribution in [3.8, 4) is 17.2 Å². The second-order valence-corrected chi connectivity index (χ2v) is 6.96. The fourth-order valence-electron chi connectivity index (χ4n) is 3.79. The van der Waals surface area contributed by atoms with Gasteiger partial charge < -0.3 is 24.8 Å². The van der Waals surface area contributed by atoms with Gasteiger partial charge in [-0.1, -0.05) is 31.7 Å². The Labute approximate surface area is 163 Å². The minimum Gasteiger partial charge on any atom is -0.493 e. The van der Waals surface area contributed by atoms with E-state index in [0.29, 0.717) is 11.5 Å². The molecule has 1 aliphatic rings. The van der Waals surface area contributed by atoms with Crippen LogP contribution < -0.4 is 24.8 Å². The summed E-state index contributed by atoms with van der Waals surface area (Å²) in [7, 11) is 6.71. The maximum absolute atomic E-state index is 5.54. The molecule has 0 bridgehead atoms. The second kappa shape index (κ2) is 11.6. The molecule has 0 radical (unpaired) electrons. The largest absolute Gasteiger partial charge is 0.493 e. The van der Waals surface area contributed by atoms with Crippen molar-refractivity contribution >= 4 is 5.96 Å². The van der Waals surface area contributed by atoms with Gasteiger partial charge >= 0.3 is 0 Å². The first-order chi connectivity index (χ1) is 13.2. The quantitative estimate of drug-likeness (QED) is 0.372. The molecule has 0 saturated heterocycles. The summed E-state index contributed by atoms with van der Waals surface area (Å²) in [6.07, 6.45) is 9.00. The highest BCUT2D eigenvalue weighted by Gasteiger charge is 2.16. The normalized spacial score (nSPS) is 14.9. The molecular weight excluding hydrogens is 342 g/mol. The minimum absolute atomic E-state index is 0.631. The number of nitrogens with zero attached hydrogens (tertiary/aromatic N) is 1. The maximum Gasteiger partial charge on any atom is 0.203 e. The van der Waals surface area contributed by atoms with Gasteiger partial charge in [-0.15, -0.1) is 0 Å². The van der Waals surface area contributed by atoms with Crippen molar-refractivity contribution in [2.24, 2.45) is 10.9 Å². The summed E-state index contributed by atoms with van der Waals surface area (Å²) in [4.78, 5) is 4.31. The van der Waals surface area contributed by atoms with Crippen LogP contribution in [0.4, 0.5) is 0 Å². The van der Waals surface area contributed by atoms with Gasteiger partial charge in [-0.25, -0.2) is 0 Å². The lowest BCUT2D eigenvalue weighted by molar-refractivity contribution is 0.322. The fraction of sp³-hybridized carbons (Fsp3) is 0.667. The number of nitrogens with one attached hydrogen (secondary N) is 2. The summed E-state index contributed by atoms with van der Waals surface area (Å²) in [5.74, 6) is 3.82. The Morgan fingerprint density at radius 2 is 1.70 bits per heavy atom. The highest BCUT2D eigenvalue weighted by molar-refractivity contribution is 5.79. The first-order valence-electron chi connectivity index (χ1n) is 9.95. The lowest BCUT2D eigenvalue weighted by Crippen LogP contribution is -2.38. The molecule has 1 fully saturated rings. The van der Waals surface area contributed by atoms with Gasteiger partial charge in [0, 0.05) is 25.7 Å². The average molecular weight is 378 g/mol. The van der Waals surface area contributed by atoms with Gasteiger partial charge in [0.25, 0.3) is 0 Å². The number of guanidine groups is 1. The predicted molar refractivity (Wildman–Crippen MR) is 110 cm³/mol. The van der Waals surface area contributed by atoms with Crippen LogP contribution in [0.15, 0.2) is 17.1 Å². The SMILES string of the molecule is CN=C(NCCCC1CCCC1)NCCc1ccc(OC)c(OC)c1OC. The summed E-state index contributed by atoms with van der Waals surface area (Å²) < 4.78 is 16.3. The number of rotatable bonds is 10. The van der Waals surface area contributed by atoms with E-state index in [1.54, 1.807) is 21.3 Å². The smallest absolute Gasteiger partial charge is 0.203 e. The van der Waals surface area contributed by atoms with E-state index in [2.05, 4.69) is 15.6 Å². The monoisotopic (exact) mass is 377 g/mol. The van der Waals surface area contributed by atoms with Crippen LogP contribution in [-0.2, 0) is 6.42 Å². The Bertz CT molecular complexity index is 599. The molecule has 27 heavy (non-hydrogen) atoms. The van der Waals surface area contributed by atoms with E-state index in [0.717, 1.165) is 42.7 Å². The highest BCUT2D eigenvalue weighted by Crippen LogP contribution is 2.39. The third-order valence-electron chi connectivity index (χ3n) is 5.25. The van der Waals surface area contributed by atoms with Crippen LogP contribution in [0, 0.1) is 5.92 Å². The average Bonchev–Trinajstić information content (AvgIpc) is 3.22. The van der Waals surface area contributed by atoms with Gasteiger partial charge in [0.15, 0.2) is 17.5 Å². The molecule has 0 spiro atoms. The van der Waals surface area contributed by atoms with Crippen molar-refractivity contribution in [3.05, 3.63) is 17.7 Å². The standard InChI is InChI=1S/C21H35N3O3/c1-22-21(23-14-7-10-16-8-5-6-9-16)24-15-13-17-11-12-18(25-2)20(27-4)19(17)26-3/h11-12,16H,5-10,13-15H2,1-4H3,(H2,22,23,24). The van der Waals surface area contributed by atoms with E-state index >= 15 is 0 Å². The second-order valence-electron chi connectivity index (χ2n) is 6.96. The zero-order chi connectivity index (χ0) is 19.5. The number of hydrogen-bond acceptors (Lipinski definition) is 4. The van der Waals surface area contributed by atoms with Gasteiger partial charge in [0.05, 0.1) is 21.3 Å². The summed E-state index contributed by atoms with van der Waals surface area (Å²) in [5.41, 5.74) is 1.07. The van der Waals surface area contributed by atoms with Crippen LogP contribution in [0.25, 0.3) is 0 Å². The number of methoxy groups -OCH3 is 3. The van der Waals surface area contributed by atoms with Crippen molar-refractivity contribution in [1.29, 1.82) is 0 Å². The fourth-order valence-corrected chi connectivity index (χ4v) is 3.79. The summed E-state index contributed by atoms with van der Waals surface area (Å²) in [6.45, 7) is 1.73. The topological polar surface area (TPSA) is 64.1 Å². The maximum atomic E-state index is 5.54. The first-order valence-corrected chi connectivity index (χ1v) is 9.95. The molecule has 0 aliphatic heterocycles. The van der Waals surface area contributed by atoms with E-state index in [4.69, 9.17) is 14.2 Å². The zero-order valence-corrected chi connectivity index (χ0v) is 17.3. The van der Waals surface area contributed by atoms with Gasteiger partial charge in [-0.3, -0.25) is 4.99 Å². The number of hydrogen-bond donors (Lipinski definition) is 2. The molecule has 1 aromatic carbocycles. The van der Waals surface area contributed by atoms with Crippen molar-refractivity contribution in [1.82, 2.24) is 10.6 Å². The van der Waals surface area contributed by atoms with Crippen molar-refractivity contribution in [3.63, 3.8) is 0 Å². The van der Waals surface area contributed by atoms with Gasteiger partial charge in [-0.2, -0.15) is 0 Å². The summed E-state index contributed by atoms with van der Waals surface area (Å²) in [6, 6.07) is 3.92. The molecule has 0 aromatic heterocycles. The molecular formula is C21H35N3O3. The van der Waals surface area contributed by atoms with E-state index in [1.165, 1.54) is 38.5 Å². The highest BCUT2D eigenvalue weighted by atomic mass is 16.5. The van der Waals surface area contributed by atoms with Crippen molar-refractivity contribution in [2.75, 3.05) is 41.5 Å². The Morgan fingerprint density at radius 3 is 2.33 bits per heavy atom. The van der Waals surface area contributed by atoms with Crippen LogP contribution in [0.2, 0.25) is 0 Å². The van der Waals surface area contributed by atoms with E-state index < -0.39 is 0 Å². The van der Waals surface area contributed by atoms with Gasteiger partial charge in [0.1, 0.15) is 0 Å². The number of benzene rings is 1. The van der Waals surface area contributed by atoms with E-state index in [9.17, 15) is 0 Å². The van der Waals surface area contributed by atoms with Crippen LogP contribution >= 0.6 is 0 Å². The number of aliphatic imine (C=N–C) groups is 1. The van der Waals surface area contributed by atoms with Crippen LogP contribution in [0.5, 0.6) is 17.2 Å². The molecule has 0 atom stereocenters. The molecule has 0 unspecified atom stereocenters. The minimum atomic E-state index is 0.631. The van der Waals surface area contributed by atoms with Crippen LogP contribution in [-0.4, -0.2) is 47.4 Å². The number of ether oxygens (including phenoxy) is 3. The molecule has 6 heteroatoms. The third-order valence-corrected chi connectivity index (χ3v) is 5.25. The molecule has 1 saturated carbocycles. The Kier molecular flexibility index (Phi) is 9.08. The molecule has 1 aromatic rings. The van der Waals surface area contributed by atoms with Gasteiger partial charge in [-0.05, 0) is 31.2 Å². The molecule has 0 amide bonds.